The second-order valence-corrected chi connectivity index (χ2v) is 4.42. The summed E-state index contributed by atoms with van der Waals surface area (Å²) in [5.41, 5.74) is 3.34. The van der Waals surface area contributed by atoms with E-state index in [1.165, 1.54) is 11.3 Å². The molecular formula is C13H11N5. The Morgan fingerprint density at radius 1 is 1.17 bits per heavy atom. The lowest BCUT2D eigenvalue weighted by Gasteiger charge is -2.08. The molecule has 88 valence electrons. The average Bonchev–Trinajstić information content (AvgIpc) is 3.02. The van der Waals surface area contributed by atoms with Crippen LogP contribution in [0, 0.1) is 0 Å². The highest BCUT2D eigenvalue weighted by molar-refractivity contribution is 5.57. The number of anilines is 1. The van der Waals surface area contributed by atoms with Gasteiger partial charge in [-0.1, -0.05) is 18.2 Å². The molecule has 18 heavy (non-hydrogen) atoms. The number of fused-ring (bicyclic) bond motifs is 2. The van der Waals surface area contributed by atoms with Gasteiger partial charge in [-0.15, -0.1) is 10.2 Å². The first-order valence-corrected chi connectivity index (χ1v) is 5.91. The SMILES string of the molecule is c1ccc2c(c1)CC(c1nnc3ccncn13)N2. The van der Waals surface area contributed by atoms with Crippen LogP contribution in [0.2, 0.25) is 0 Å². The molecule has 5 nitrogen and oxygen atoms in total. The second kappa shape index (κ2) is 3.53. The molecule has 1 atom stereocenters. The summed E-state index contributed by atoms with van der Waals surface area (Å²) in [5.74, 6) is 0.911. The molecule has 1 aliphatic rings. The van der Waals surface area contributed by atoms with Gasteiger partial charge in [-0.25, -0.2) is 4.98 Å². The number of hydrogen-bond donors (Lipinski definition) is 1. The summed E-state index contributed by atoms with van der Waals surface area (Å²) in [5, 5.41) is 11.9. The van der Waals surface area contributed by atoms with E-state index in [2.05, 4.69) is 38.7 Å². The van der Waals surface area contributed by atoms with Crippen LogP contribution in [0.1, 0.15) is 17.4 Å². The van der Waals surface area contributed by atoms with Crippen LogP contribution in [0.3, 0.4) is 0 Å². The van der Waals surface area contributed by atoms with E-state index >= 15 is 0 Å². The van der Waals surface area contributed by atoms with Crippen LogP contribution in [-0.4, -0.2) is 19.6 Å². The van der Waals surface area contributed by atoms with Crippen molar-refractivity contribution in [1.82, 2.24) is 19.6 Å². The fourth-order valence-corrected chi connectivity index (χ4v) is 2.45. The van der Waals surface area contributed by atoms with Crippen molar-refractivity contribution in [1.29, 1.82) is 0 Å². The molecule has 0 bridgehead atoms. The highest BCUT2D eigenvalue weighted by Gasteiger charge is 2.25. The number of nitrogens with one attached hydrogen (secondary N) is 1. The van der Waals surface area contributed by atoms with Gasteiger partial charge >= 0.3 is 0 Å². The lowest BCUT2D eigenvalue weighted by molar-refractivity contribution is 0.731. The van der Waals surface area contributed by atoms with Crippen molar-refractivity contribution in [2.24, 2.45) is 0 Å². The van der Waals surface area contributed by atoms with Crippen LogP contribution >= 0.6 is 0 Å². The summed E-state index contributed by atoms with van der Waals surface area (Å²) in [6, 6.07) is 10.4. The van der Waals surface area contributed by atoms with Crippen molar-refractivity contribution in [3.8, 4) is 0 Å². The van der Waals surface area contributed by atoms with Gasteiger partial charge in [0.2, 0.25) is 0 Å². The largest absolute Gasteiger partial charge is 0.375 e. The molecule has 1 N–H and O–H groups in total. The molecule has 0 saturated heterocycles. The van der Waals surface area contributed by atoms with E-state index in [0.717, 1.165) is 17.9 Å². The van der Waals surface area contributed by atoms with Crippen LogP contribution in [0.25, 0.3) is 5.65 Å². The van der Waals surface area contributed by atoms with Crippen LogP contribution in [-0.2, 0) is 6.42 Å². The lowest BCUT2D eigenvalue weighted by atomic mass is 10.1. The zero-order valence-corrected chi connectivity index (χ0v) is 9.61. The van der Waals surface area contributed by atoms with Gasteiger partial charge in [0.25, 0.3) is 0 Å². The van der Waals surface area contributed by atoms with E-state index in [4.69, 9.17) is 0 Å². The molecule has 1 aromatic carbocycles. The number of benzene rings is 1. The number of rotatable bonds is 1. The van der Waals surface area contributed by atoms with Gasteiger partial charge in [0.05, 0.1) is 6.04 Å². The van der Waals surface area contributed by atoms with E-state index in [9.17, 15) is 0 Å². The first kappa shape index (κ1) is 9.58. The summed E-state index contributed by atoms with van der Waals surface area (Å²) in [6.45, 7) is 0. The highest BCUT2D eigenvalue weighted by atomic mass is 15.3. The number of hydrogen-bond acceptors (Lipinski definition) is 4. The normalized spacial score (nSPS) is 17.7. The Morgan fingerprint density at radius 3 is 3.06 bits per heavy atom. The summed E-state index contributed by atoms with van der Waals surface area (Å²) < 4.78 is 1.93. The first-order valence-electron chi connectivity index (χ1n) is 5.91. The van der Waals surface area contributed by atoms with Gasteiger partial charge in [-0.05, 0) is 11.6 Å². The molecule has 0 spiro atoms. The van der Waals surface area contributed by atoms with E-state index in [0.29, 0.717) is 0 Å². The molecule has 1 aliphatic heterocycles. The topological polar surface area (TPSA) is 55.1 Å². The Bertz CT molecular complexity index is 693. The summed E-state index contributed by atoms with van der Waals surface area (Å²) in [7, 11) is 0. The van der Waals surface area contributed by atoms with Crippen molar-refractivity contribution >= 4 is 11.3 Å². The lowest BCUT2D eigenvalue weighted by Crippen LogP contribution is -2.10. The van der Waals surface area contributed by atoms with Gasteiger partial charge in [0, 0.05) is 24.4 Å². The average molecular weight is 237 g/mol. The van der Waals surface area contributed by atoms with Crippen molar-refractivity contribution in [2.75, 3.05) is 5.32 Å². The molecule has 1 unspecified atom stereocenters. The van der Waals surface area contributed by atoms with Crippen molar-refractivity contribution in [3.05, 3.63) is 54.2 Å². The Morgan fingerprint density at radius 2 is 2.11 bits per heavy atom. The van der Waals surface area contributed by atoms with Crippen molar-refractivity contribution in [3.63, 3.8) is 0 Å². The predicted molar refractivity (Wildman–Crippen MR) is 67.3 cm³/mol. The van der Waals surface area contributed by atoms with Crippen molar-refractivity contribution < 1.29 is 0 Å². The van der Waals surface area contributed by atoms with Crippen LogP contribution < -0.4 is 5.32 Å². The third-order valence-corrected chi connectivity index (χ3v) is 3.32. The standard InChI is InChI=1S/C13H11N5/c1-2-4-10-9(3-1)7-11(15-10)13-17-16-12-5-6-14-8-18(12)13/h1-6,8,11,15H,7H2. The minimum absolute atomic E-state index is 0.168. The Balaban J connectivity index is 1.78. The second-order valence-electron chi connectivity index (χ2n) is 4.42. The van der Waals surface area contributed by atoms with Crippen LogP contribution in [0.15, 0.2) is 42.9 Å². The van der Waals surface area contributed by atoms with Gasteiger partial charge in [0.1, 0.15) is 6.33 Å². The van der Waals surface area contributed by atoms with Gasteiger partial charge < -0.3 is 5.32 Å². The summed E-state index contributed by atoms with van der Waals surface area (Å²) in [4.78, 5) is 4.12. The van der Waals surface area contributed by atoms with Gasteiger partial charge in [-0.2, -0.15) is 0 Å². The van der Waals surface area contributed by atoms with E-state index in [1.807, 2.05) is 16.5 Å². The monoisotopic (exact) mass is 237 g/mol. The molecule has 0 saturated carbocycles. The molecule has 4 rings (SSSR count). The quantitative estimate of drug-likeness (QED) is 0.701. The molecular weight excluding hydrogens is 226 g/mol. The van der Waals surface area contributed by atoms with Crippen molar-refractivity contribution in [2.45, 2.75) is 12.5 Å². The highest BCUT2D eigenvalue weighted by Crippen LogP contribution is 2.32. The van der Waals surface area contributed by atoms with E-state index in [-0.39, 0.29) is 6.04 Å². The number of nitrogens with zero attached hydrogens (tertiary/aromatic N) is 4. The zero-order valence-electron chi connectivity index (χ0n) is 9.61. The van der Waals surface area contributed by atoms with Gasteiger partial charge in [-0.3, -0.25) is 4.40 Å². The smallest absolute Gasteiger partial charge is 0.163 e. The van der Waals surface area contributed by atoms with E-state index < -0.39 is 0 Å². The third-order valence-electron chi connectivity index (χ3n) is 3.32. The minimum atomic E-state index is 0.168. The fourth-order valence-electron chi connectivity index (χ4n) is 2.45. The predicted octanol–water partition coefficient (Wildman–Crippen LogP) is 1.83. The van der Waals surface area contributed by atoms with E-state index in [1.54, 1.807) is 12.5 Å². The molecule has 0 radical (unpaired) electrons. The van der Waals surface area contributed by atoms with Crippen LogP contribution in [0.4, 0.5) is 5.69 Å². The Kier molecular flexibility index (Phi) is 1.88. The number of para-hydroxylation sites is 1. The van der Waals surface area contributed by atoms with Gasteiger partial charge in [0.15, 0.2) is 11.5 Å². The molecule has 3 heterocycles. The molecule has 3 aromatic rings. The molecule has 2 aromatic heterocycles. The summed E-state index contributed by atoms with van der Waals surface area (Å²) in [6.07, 6.45) is 4.42. The number of aromatic nitrogens is 4. The minimum Gasteiger partial charge on any atom is -0.375 e. The maximum Gasteiger partial charge on any atom is 0.163 e. The fraction of sp³-hybridized carbons (Fsp3) is 0.154. The summed E-state index contributed by atoms with van der Waals surface area (Å²) >= 11 is 0. The molecule has 0 fully saturated rings. The zero-order chi connectivity index (χ0) is 11.9. The molecule has 0 amide bonds. The molecule has 0 aliphatic carbocycles. The molecule has 5 heteroatoms. The maximum absolute atomic E-state index is 4.27. The third kappa shape index (κ3) is 1.30. The maximum atomic E-state index is 4.27. The first-order chi connectivity index (χ1) is 8.92. The van der Waals surface area contributed by atoms with Crippen LogP contribution in [0.5, 0.6) is 0 Å². The Labute approximate surface area is 104 Å². The Hall–Kier alpha value is -2.43.